The van der Waals surface area contributed by atoms with E-state index < -0.39 is 0 Å². The molecule has 1 aromatic rings. The normalized spacial score (nSPS) is 25.9. The largest absolute Gasteiger partial charge is 0.314 e. The van der Waals surface area contributed by atoms with Gasteiger partial charge in [-0.2, -0.15) is 5.10 Å². The molecule has 0 saturated heterocycles. The first kappa shape index (κ1) is 16.5. The molecule has 1 aliphatic carbocycles. The van der Waals surface area contributed by atoms with Crippen LogP contribution in [0, 0.1) is 5.41 Å². The molecule has 0 aromatic carbocycles. The van der Waals surface area contributed by atoms with Crippen molar-refractivity contribution in [1.29, 1.82) is 0 Å². The Bertz CT molecular complexity index is 422. The Hall–Kier alpha value is -0.830. The summed E-state index contributed by atoms with van der Waals surface area (Å²) in [6.45, 7) is 10.3. The zero-order valence-corrected chi connectivity index (χ0v) is 14.4. The summed E-state index contributed by atoms with van der Waals surface area (Å²) in [6, 6.07) is 3.52. The molecule has 1 aliphatic rings. The van der Waals surface area contributed by atoms with E-state index in [1.165, 1.54) is 31.4 Å². The van der Waals surface area contributed by atoms with Gasteiger partial charge in [0.05, 0.1) is 11.7 Å². The van der Waals surface area contributed by atoms with E-state index in [4.69, 9.17) is 5.10 Å². The van der Waals surface area contributed by atoms with Crippen LogP contribution in [0.5, 0.6) is 0 Å². The van der Waals surface area contributed by atoms with Crippen molar-refractivity contribution in [3.05, 3.63) is 18.0 Å². The smallest absolute Gasteiger partial charge is 0.0630 e. The lowest BCUT2D eigenvalue weighted by atomic mass is 9.83. The van der Waals surface area contributed by atoms with Crippen molar-refractivity contribution in [2.45, 2.75) is 84.7 Å². The predicted molar refractivity (Wildman–Crippen MR) is 89.6 cm³/mol. The van der Waals surface area contributed by atoms with Crippen LogP contribution in [0.15, 0.2) is 12.3 Å². The van der Waals surface area contributed by atoms with Crippen LogP contribution in [0.25, 0.3) is 0 Å². The molecule has 1 N–H and O–H groups in total. The van der Waals surface area contributed by atoms with E-state index in [9.17, 15) is 0 Å². The maximum Gasteiger partial charge on any atom is 0.0630 e. The van der Waals surface area contributed by atoms with Gasteiger partial charge in [-0.3, -0.25) is 4.68 Å². The molecule has 0 bridgehead atoms. The van der Waals surface area contributed by atoms with Crippen molar-refractivity contribution in [2.75, 3.05) is 6.54 Å². The van der Waals surface area contributed by atoms with Gasteiger partial charge in [-0.25, -0.2) is 0 Å². The number of rotatable bonds is 8. The van der Waals surface area contributed by atoms with E-state index in [0.29, 0.717) is 11.5 Å². The van der Waals surface area contributed by atoms with Gasteiger partial charge in [-0.15, -0.1) is 0 Å². The number of aromatic nitrogens is 2. The van der Waals surface area contributed by atoms with Gasteiger partial charge in [0, 0.05) is 12.2 Å². The van der Waals surface area contributed by atoms with Crippen LogP contribution in [-0.4, -0.2) is 22.4 Å². The van der Waals surface area contributed by atoms with Crippen LogP contribution in [0.2, 0.25) is 0 Å². The highest BCUT2D eigenvalue weighted by molar-refractivity contribution is 5.05. The summed E-state index contributed by atoms with van der Waals surface area (Å²) in [5, 5.41) is 8.53. The quantitative estimate of drug-likeness (QED) is 0.772. The van der Waals surface area contributed by atoms with Crippen LogP contribution in [0.1, 0.15) is 78.0 Å². The topological polar surface area (TPSA) is 29.9 Å². The first-order chi connectivity index (χ1) is 10.1. The van der Waals surface area contributed by atoms with Gasteiger partial charge < -0.3 is 5.32 Å². The molecule has 1 saturated carbocycles. The Labute approximate surface area is 130 Å². The van der Waals surface area contributed by atoms with Gasteiger partial charge in [0.1, 0.15) is 0 Å². The van der Waals surface area contributed by atoms with Gasteiger partial charge >= 0.3 is 0 Å². The summed E-state index contributed by atoms with van der Waals surface area (Å²) >= 11 is 0. The molecule has 1 aromatic heterocycles. The van der Waals surface area contributed by atoms with Crippen LogP contribution < -0.4 is 5.32 Å². The number of nitrogens with one attached hydrogen (secondary N) is 1. The Morgan fingerprint density at radius 3 is 2.81 bits per heavy atom. The number of nitrogens with zero attached hydrogens (tertiary/aromatic N) is 2. The maximum absolute atomic E-state index is 4.84. The van der Waals surface area contributed by atoms with Gasteiger partial charge in [-0.05, 0) is 63.0 Å². The molecule has 0 spiro atoms. The van der Waals surface area contributed by atoms with Crippen LogP contribution >= 0.6 is 0 Å². The van der Waals surface area contributed by atoms with Crippen molar-refractivity contribution < 1.29 is 0 Å². The van der Waals surface area contributed by atoms with Crippen LogP contribution in [0.3, 0.4) is 0 Å². The molecule has 1 fully saturated rings. The molecule has 1 heterocycles. The number of hydrogen-bond acceptors (Lipinski definition) is 2. The molecule has 3 heteroatoms. The molecule has 2 unspecified atom stereocenters. The second kappa shape index (κ2) is 7.44. The fraction of sp³-hybridized carbons (Fsp3) is 0.833. The third-order valence-electron chi connectivity index (χ3n) is 5.11. The van der Waals surface area contributed by atoms with E-state index in [1.54, 1.807) is 0 Å². The van der Waals surface area contributed by atoms with Crippen molar-refractivity contribution >= 4 is 0 Å². The standard InChI is InChI=1S/C18H33N3/c1-5-11-19-15-8-10-18(4,13-15)14-16-9-12-21(20-16)17(6-2)7-3/h9,12,15,17,19H,5-8,10-11,13-14H2,1-4H3. The third kappa shape index (κ3) is 4.32. The number of hydrogen-bond donors (Lipinski definition) is 1. The van der Waals surface area contributed by atoms with E-state index in [-0.39, 0.29) is 0 Å². The first-order valence-electron chi connectivity index (χ1n) is 8.87. The summed E-state index contributed by atoms with van der Waals surface area (Å²) in [5.74, 6) is 0. The van der Waals surface area contributed by atoms with E-state index in [0.717, 1.165) is 31.8 Å². The molecule has 0 aliphatic heterocycles. The lowest BCUT2D eigenvalue weighted by Crippen LogP contribution is -2.29. The molecule has 120 valence electrons. The molecule has 21 heavy (non-hydrogen) atoms. The highest BCUT2D eigenvalue weighted by Gasteiger charge is 2.35. The van der Waals surface area contributed by atoms with E-state index in [1.807, 2.05) is 0 Å². The van der Waals surface area contributed by atoms with Gasteiger partial charge in [0.15, 0.2) is 0 Å². The fourth-order valence-electron chi connectivity index (χ4n) is 3.78. The molecular weight excluding hydrogens is 258 g/mol. The molecule has 2 rings (SSSR count). The second-order valence-corrected chi connectivity index (χ2v) is 7.14. The fourth-order valence-corrected chi connectivity index (χ4v) is 3.78. The van der Waals surface area contributed by atoms with Crippen LogP contribution in [0.4, 0.5) is 0 Å². The minimum atomic E-state index is 0.429. The predicted octanol–water partition coefficient (Wildman–Crippen LogP) is 4.35. The SMILES string of the molecule is CCCNC1CCC(C)(Cc2ccn(C(CC)CC)n2)C1. The summed E-state index contributed by atoms with van der Waals surface area (Å²) in [5.41, 5.74) is 1.71. The van der Waals surface area contributed by atoms with Crippen molar-refractivity contribution in [1.82, 2.24) is 15.1 Å². The average Bonchev–Trinajstić information content (AvgIpc) is 3.06. The first-order valence-corrected chi connectivity index (χ1v) is 8.87. The minimum absolute atomic E-state index is 0.429. The summed E-state index contributed by atoms with van der Waals surface area (Å²) in [7, 11) is 0. The Kier molecular flexibility index (Phi) is 5.86. The van der Waals surface area contributed by atoms with Gasteiger partial charge in [0.25, 0.3) is 0 Å². The molecule has 3 nitrogen and oxygen atoms in total. The lowest BCUT2D eigenvalue weighted by molar-refractivity contribution is 0.315. The zero-order valence-electron chi connectivity index (χ0n) is 14.4. The third-order valence-corrected chi connectivity index (χ3v) is 5.11. The minimum Gasteiger partial charge on any atom is -0.314 e. The highest BCUT2D eigenvalue weighted by atomic mass is 15.3. The lowest BCUT2D eigenvalue weighted by Gasteiger charge is -2.23. The monoisotopic (exact) mass is 291 g/mol. The van der Waals surface area contributed by atoms with Crippen molar-refractivity contribution in [3.63, 3.8) is 0 Å². The summed E-state index contributed by atoms with van der Waals surface area (Å²) in [6.07, 6.45) is 10.8. The average molecular weight is 291 g/mol. The summed E-state index contributed by atoms with van der Waals surface area (Å²) in [4.78, 5) is 0. The Morgan fingerprint density at radius 1 is 1.38 bits per heavy atom. The molecule has 0 radical (unpaired) electrons. The van der Waals surface area contributed by atoms with E-state index >= 15 is 0 Å². The molecule has 0 amide bonds. The highest BCUT2D eigenvalue weighted by Crippen LogP contribution is 2.40. The molecule has 2 atom stereocenters. The van der Waals surface area contributed by atoms with Gasteiger partial charge in [0.2, 0.25) is 0 Å². The van der Waals surface area contributed by atoms with Crippen LogP contribution in [-0.2, 0) is 6.42 Å². The van der Waals surface area contributed by atoms with Crippen molar-refractivity contribution in [3.8, 4) is 0 Å². The van der Waals surface area contributed by atoms with Crippen molar-refractivity contribution in [2.24, 2.45) is 5.41 Å². The van der Waals surface area contributed by atoms with Gasteiger partial charge in [-0.1, -0.05) is 27.7 Å². The maximum atomic E-state index is 4.84. The molecular formula is C18H33N3. The zero-order chi connectivity index (χ0) is 15.3. The van der Waals surface area contributed by atoms with E-state index in [2.05, 4.69) is 50.0 Å². The second-order valence-electron chi connectivity index (χ2n) is 7.14. The Balaban J connectivity index is 1.92. The Morgan fingerprint density at radius 2 is 2.14 bits per heavy atom. The summed E-state index contributed by atoms with van der Waals surface area (Å²) < 4.78 is 2.18.